The summed E-state index contributed by atoms with van der Waals surface area (Å²) >= 11 is 0. The summed E-state index contributed by atoms with van der Waals surface area (Å²) < 4.78 is 68.7. The summed E-state index contributed by atoms with van der Waals surface area (Å²) in [5.74, 6) is 0.191. The van der Waals surface area contributed by atoms with Crippen molar-refractivity contribution in [2.45, 2.75) is 433 Å². The predicted octanol–water partition coefficient (Wildman–Crippen LogP) is 23.7. The molecule has 0 heterocycles. The first-order valence-electron chi connectivity index (χ1n) is 41.4. The van der Waals surface area contributed by atoms with Gasteiger partial charge in [-0.3, -0.25) is 37.3 Å². The molecule has 0 saturated heterocycles. The number of hydrogen-bond donors (Lipinski definition) is 3. The molecule has 19 heteroatoms. The molecule has 0 radical (unpaired) electrons. The van der Waals surface area contributed by atoms with Gasteiger partial charge in [0.05, 0.1) is 26.4 Å². The van der Waals surface area contributed by atoms with Crippen LogP contribution in [0.5, 0.6) is 0 Å². The third-order valence-corrected chi connectivity index (χ3v) is 21.3. The van der Waals surface area contributed by atoms with E-state index in [1.807, 2.05) is 0 Å². The van der Waals surface area contributed by atoms with Crippen molar-refractivity contribution in [1.29, 1.82) is 0 Å². The molecule has 0 bridgehead atoms. The number of ether oxygens (including phenoxy) is 4. The van der Waals surface area contributed by atoms with Gasteiger partial charge in [0.15, 0.2) is 12.2 Å². The van der Waals surface area contributed by atoms with Gasteiger partial charge in [-0.05, 0) is 43.4 Å². The van der Waals surface area contributed by atoms with Gasteiger partial charge in [0, 0.05) is 25.7 Å². The Morgan fingerprint density at radius 3 is 0.768 bits per heavy atom. The van der Waals surface area contributed by atoms with Crippen molar-refractivity contribution in [3.05, 3.63) is 0 Å². The van der Waals surface area contributed by atoms with Crippen LogP contribution in [0.1, 0.15) is 414 Å². The Morgan fingerprint density at radius 1 is 0.293 bits per heavy atom. The molecule has 0 amide bonds. The minimum Gasteiger partial charge on any atom is -0.462 e. The zero-order valence-corrected chi connectivity index (χ0v) is 66.8. The first-order valence-corrected chi connectivity index (χ1v) is 44.4. The van der Waals surface area contributed by atoms with Gasteiger partial charge in [0.1, 0.15) is 19.3 Å². The van der Waals surface area contributed by atoms with Crippen molar-refractivity contribution in [2.24, 2.45) is 17.8 Å². The average molecular weight is 1450 g/mol. The van der Waals surface area contributed by atoms with Gasteiger partial charge in [-0.2, -0.15) is 0 Å². The number of carbonyl (C=O) groups excluding carboxylic acids is 4. The van der Waals surface area contributed by atoms with E-state index in [2.05, 4.69) is 48.5 Å². The summed E-state index contributed by atoms with van der Waals surface area (Å²) in [7, 11) is -9.92. The fourth-order valence-corrected chi connectivity index (χ4v) is 13.8. The smallest absolute Gasteiger partial charge is 0.462 e. The fourth-order valence-electron chi connectivity index (χ4n) is 12.2. The van der Waals surface area contributed by atoms with Crippen LogP contribution in [0.2, 0.25) is 0 Å². The van der Waals surface area contributed by atoms with Crippen molar-refractivity contribution >= 4 is 39.5 Å². The van der Waals surface area contributed by atoms with E-state index in [0.29, 0.717) is 25.7 Å². The van der Waals surface area contributed by atoms with Crippen LogP contribution in [-0.4, -0.2) is 96.7 Å². The minimum absolute atomic E-state index is 0.104. The number of hydrogen-bond acceptors (Lipinski definition) is 15. The van der Waals surface area contributed by atoms with Gasteiger partial charge >= 0.3 is 39.5 Å². The van der Waals surface area contributed by atoms with E-state index in [4.69, 9.17) is 37.0 Å². The lowest BCUT2D eigenvalue weighted by Gasteiger charge is -2.21. The van der Waals surface area contributed by atoms with Crippen LogP contribution in [-0.2, 0) is 65.4 Å². The van der Waals surface area contributed by atoms with E-state index in [1.54, 1.807) is 0 Å². The molecular weight excluding hydrogens is 1290 g/mol. The highest BCUT2D eigenvalue weighted by Crippen LogP contribution is 2.45. The van der Waals surface area contributed by atoms with Crippen LogP contribution < -0.4 is 0 Å². The summed E-state index contributed by atoms with van der Waals surface area (Å²) in [4.78, 5) is 73.0. The van der Waals surface area contributed by atoms with Gasteiger partial charge < -0.3 is 33.8 Å². The van der Waals surface area contributed by atoms with Crippen LogP contribution in [0, 0.1) is 17.8 Å². The summed E-state index contributed by atoms with van der Waals surface area (Å²) in [6.45, 7) is 11.9. The minimum atomic E-state index is -4.96. The van der Waals surface area contributed by atoms with Gasteiger partial charge in [-0.15, -0.1) is 0 Å². The van der Waals surface area contributed by atoms with Crippen LogP contribution in [0.3, 0.4) is 0 Å². The molecule has 7 atom stereocenters. The van der Waals surface area contributed by atoms with Crippen LogP contribution in [0.15, 0.2) is 0 Å². The van der Waals surface area contributed by atoms with Crippen LogP contribution >= 0.6 is 15.6 Å². The third-order valence-electron chi connectivity index (χ3n) is 19.4. The number of phosphoric ester groups is 2. The standard InChI is InChI=1S/C80H156O17P2/c1-8-11-12-13-14-15-16-17-18-19-20-21-24-28-31-34-40-49-56-63-79(84)96-75(67-90-77(82)61-54-47-39-33-30-27-25-22-23-26-29-32-37-44-51-58-71(4)5)69-94-98(86,87)92-65-74(81)66-93-99(88,89)95-70-76(68-91-78(83)62-55-48-43-42-46-53-60-73(7)10-3)97-80(85)64-57-50-41-36-35-38-45-52-59-72(6)9-2/h71-76,81H,8-70H2,1-7H3,(H,86,87)(H,88,89)/t72?,73?,74-,75-,76-/m1/s1. The number of carbonyl (C=O) groups is 4. The highest BCUT2D eigenvalue weighted by atomic mass is 31.2. The number of esters is 4. The van der Waals surface area contributed by atoms with Gasteiger partial charge in [0.25, 0.3) is 0 Å². The van der Waals surface area contributed by atoms with E-state index in [0.717, 1.165) is 114 Å². The second-order valence-electron chi connectivity index (χ2n) is 29.8. The Balaban J connectivity index is 5.24. The van der Waals surface area contributed by atoms with Crippen molar-refractivity contribution in [1.82, 2.24) is 0 Å². The molecule has 4 unspecified atom stereocenters. The molecule has 0 fully saturated rings. The molecule has 0 aliphatic carbocycles. The van der Waals surface area contributed by atoms with Crippen molar-refractivity contribution in [3.8, 4) is 0 Å². The molecule has 0 rings (SSSR count). The molecule has 17 nitrogen and oxygen atoms in total. The van der Waals surface area contributed by atoms with Crippen LogP contribution in [0.4, 0.5) is 0 Å². The van der Waals surface area contributed by atoms with E-state index in [-0.39, 0.29) is 25.7 Å². The van der Waals surface area contributed by atoms with E-state index in [1.165, 1.54) is 218 Å². The van der Waals surface area contributed by atoms with Crippen molar-refractivity contribution in [3.63, 3.8) is 0 Å². The van der Waals surface area contributed by atoms with Gasteiger partial charge in [0.2, 0.25) is 0 Å². The molecule has 0 aliphatic rings. The summed E-state index contributed by atoms with van der Waals surface area (Å²) in [6, 6.07) is 0. The maximum Gasteiger partial charge on any atom is 0.472 e. The SMILES string of the molecule is CCCCCCCCCCCCCCCCCCCCCC(=O)O[C@H](COC(=O)CCCCCCCCCCCCCCCCCC(C)C)COP(=O)(O)OC[C@@H](O)COP(=O)(O)OC[C@@H](COC(=O)CCCCCCCCC(C)CC)OC(=O)CCCCCCCCCCC(C)CC. The Hall–Kier alpha value is -1.94. The Bertz CT molecular complexity index is 1930. The Kier molecular flexibility index (Phi) is 69.0. The highest BCUT2D eigenvalue weighted by molar-refractivity contribution is 7.47. The Morgan fingerprint density at radius 2 is 0.515 bits per heavy atom. The number of aliphatic hydroxyl groups is 1. The molecule has 0 aromatic heterocycles. The average Bonchev–Trinajstić information content (AvgIpc) is 0.970. The number of aliphatic hydroxyl groups excluding tert-OH is 1. The zero-order valence-electron chi connectivity index (χ0n) is 65.0. The van der Waals surface area contributed by atoms with Gasteiger partial charge in [-0.25, -0.2) is 9.13 Å². The summed E-state index contributed by atoms with van der Waals surface area (Å²) in [5, 5.41) is 10.6. The molecule has 0 aromatic rings. The van der Waals surface area contributed by atoms with Gasteiger partial charge in [-0.1, -0.05) is 363 Å². The summed E-state index contributed by atoms with van der Waals surface area (Å²) in [5.41, 5.74) is 0. The fraction of sp³-hybridized carbons (Fsp3) is 0.950. The molecule has 99 heavy (non-hydrogen) atoms. The molecule has 3 N–H and O–H groups in total. The predicted molar refractivity (Wildman–Crippen MR) is 405 cm³/mol. The first-order chi connectivity index (χ1) is 47.8. The largest absolute Gasteiger partial charge is 0.472 e. The number of rotatable bonds is 78. The van der Waals surface area contributed by atoms with Crippen molar-refractivity contribution < 1.29 is 80.2 Å². The Labute approximate surface area is 607 Å². The zero-order chi connectivity index (χ0) is 73.0. The molecular formula is C80H156O17P2. The van der Waals surface area contributed by atoms with Crippen LogP contribution in [0.25, 0.3) is 0 Å². The lowest BCUT2D eigenvalue weighted by molar-refractivity contribution is -0.161. The normalized spacial score (nSPS) is 14.5. The second kappa shape index (κ2) is 70.4. The molecule has 0 spiro atoms. The topological polar surface area (TPSA) is 237 Å². The first kappa shape index (κ1) is 97.1. The van der Waals surface area contributed by atoms with E-state index in [9.17, 15) is 43.2 Å². The number of unbranched alkanes of at least 4 members (excludes halogenated alkanes) is 44. The monoisotopic (exact) mass is 1450 g/mol. The third kappa shape index (κ3) is 71.5. The molecule has 0 saturated carbocycles. The molecule has 0 aromatic carbocycles. The molecule has 588 valence electrons. The quantitative estimate of drug-likeness (QED) is 0.0222. The van der Waals surface area contributed by atoms with E-state index >= 15 is 0 Å². The lowest BCUT2D eigenvalue weighted by Crippen LogP contribution is -2.30. The second-order valence-corrected chi connectivity index (χ2v) is 32.7. The summed E-state index contributed by atoms with van der Waals surface area (Å²) in [6.07, 6.45) is 58.3. The number of phosphoric acid groups is 2. The molecule has 0 aliphatic heterocycles. The van der Waals surface area contributed by atoms with E-state index < -0.39 is 97.5 Å². The highest BCUT2D eigenvalue weighted by Gasteiger charge is 2.30. The lowest BCUT2D eigenvalue weighted by atomic mass is 9.99. The van der Waals surface area contributed by atoms with Crippen molar-refractivity contribution in [2.75, 3.05) is 39.6 Å². The maximum absolute atomic E-state index is 13.1. The maximum atomic E-state index is 13.1.